The topological polar surface area (TPSA) is 17.8 Å². The van der Waals surface area contributed by atoms with E-state index in [1.165, 1.54) is 23.9 Å². The van der Waals surface area contributed by atoms with Crippen molar-refractivity contribution < 1.29 is 0 Å². The SMILES string of the molecule is CCCC(C)n1c(CCCl)nc2cccc(C)c21. The fourth-order valence-corrected chi connectivity index (χ4v) is 2.82. The number of para-hydroxylation sites is 1. The first-order valence-corrected chi connectivity index (χ1v) is 7.24. The molecule has 1 heterocycles. The Morgan fingerprint density at radius 1 is 1.39 bits per heavy atom. The minimum Gasteiger partial charge on any atom is -0.325 e. The van der Waals surface area contributed by atoms with E-state index in [9.17, 15) is 0 Å². The van der Waals surface area contributed by atoms with Gasteiger partial charge in [0, 0.05) is 18.3 Å². The molecule has 1 aromatic carbocycles. The van der Waals surface area contributed by atoms with Crippen LogP contribution in [0.5, 0.6) is 0 Å². The Hall–Kier alpha value is -1.02. The number of hydrogen-bond donors (Lipinski definition) is 0. The van der Waals surface area contributed by atoms with Gasteiger partial charge in [-0.15, -0.1) is 11.6 Å². The highest BCUT2D eigenvalue weighted by atomic mass is 35.5. The standard InChI is InChI=1S/C15H21ClN2/c1-4-6-12(3)18-14(9-10-16)17-13-8-5-7-11(2)15(13)18/h5,7-8,12H,4,6,9-10H2,1-3H3. The molecule has 98 valence electrons. The van der Waals surface area contributed by atoms with Crippen molar-refractivity contribution in [1.82, 2.24) is 9.55 Å². The molecule has 0 fully saturated rings. The Balaban J connectivity index is 2.60. The quantitative estimate of drug-likeness (QED) is 0.728. The van der Waals surface area contributed by atoms with E-state index in [1.807, 2.05) is 0 Å². The fourth-order valence-electron chi connectivity index (χ4n) is 2.65. The molecule has 0 aliphatic carbocycles. The molecule has 0 aliphatic rings. The van der Waals surface area contributed by atoms with Gasteiger partial charge < -0.3 is 4.57 Å². The van der Waals surface area contributed by atoms with Crippen LogP contribution in [0.15, 0.2) is 18.2 Å². The van der Waals surface area contributed by atoms with Gasteiger partial charge in [-0.25, -0.2) is 4.98 Å². The van der Waals surface area contributed by atoms with Crippen LogP contribution in [0, 0.1) is 6.92 Å². The molecule has 0 saturated carbocycles. The van der Waals surface area contributed by atoms with E-state index in [1.54, 1.807) is 0 Å². The second-order valence-corrected chi connectivity index (χ2v) is 5.30. The van der Waals surface area contributed by atoms with Crippen molar-refractivity contribution >= 4 is 22.6 Å². The zero-order valence-electron chi connectivity index (χ0n) is 11.4. The summed E-state index contributed by atoms with van der Waals surface area (Å²) < 4.78 is 2.39. The highest BCUT2D eigenvalue weighted by molar-refractivity contribution is 6.17. The molecule has 2 nitrogen and oxygen atoms in total. The Kier molecular flexibility index (Phi) is 4.28. The summed E-state index contributed by atoms with van der Waals surface area (Å²) in [5.41, 5.74) is 3.67. The number of aromatic nitrogens is 2. The first-order valence-electron chi connectivity index (χ1n) is 6.71. The predicted octanol–water partition coefficient (Wildman–Crippen LogP) is 4.49. The smallest absolute Gasteiger partial charge is 0.111 e. The van der Waals surface area contributed by atoms with Crippen LogP contribution in [-0.4, -0.2) is 15.4 Å². The van der Waals surface area contributed by atoms with Gasteiger partial charge in [-0.2, -0.15) is 0 Å². The Labute approximate surface area is 114 Å². The summed E-state index contributed by atoms with van der Waals surface area (Å²) in [7, 11) is 0. The predicted molar refractivity (Wildman–Crippen MR) is 78.5 cm³/mol. The maximum atomic E-state index is 5.90. The van der Waals surface area contributed by atoms with E-state index >= 15 is 0 Å². The molecule has 0 aliphatic heterocycles. The minimum atomic E-state index is 0.485. The molecular formula is C15H21ClN2. The van der Waals surface area contributed by atoms with E-state index in [2.05, 4.69) is 43.5 Å². The van der Waals surface area contributed by atoms with Crippen LogP contribution < -0.4 is 0 Å². The first kappa shape index (κ1) is 13.4. The minimum absolute atomic E-state index is 0.485. The molecule has 0 bridgehead atoms. The highest BCUT2D eigenvalue weighted by Gasteiger charge is 2.16. The number of imidazole rings is 1. The molecule has 0 N–H and O–H groups in total. The van der Waals surface area contributed by atoms with Gasteiger partial charge in [-0.3, -0.25) is 0 Å². The van der Waals surface area contributed by atoms with Crippen LogP contribution in [-0.2, 0) is 6.42 Å². The second kappa shape index (κ2) is 5.75. The number of hydrogen-bond acceptors (Lipinski definition) is 1. The lowest BCUT2D eigenvalue weighted by Crippen LogP contribution is -2.10. The molecule has 2 aromatic rings. The lowest BCUT2D eigenvalue weighted by Gasteiger charge is -2.17. The van der Waals surface area contributed by atoms with Crippen molar-refractivity contribution in [1.29, 1.82) is 0 Å². The van der Waals surface area contributed by atoms with Crippen LogP contribution in [0.25, 0.3) is 11.0 Å². The summed E-state index contributed by atoms with van der Waals surface area (Å²) in [6.07, 6.45) is 3.20. The summed E-state index contributed by atoms with van der Waals surface area (Å²) in [6, 6.07) is 6.81. The van der Waals surface area contributed by atoms with Crippen LogP contribution in [0.2, 0.25) is 0 Å². The van der Waals surface area contributed by atoms with E-state index in [-0.39, 0.29) is 0 Å². The maximum Gasteiger partial charge on any atom is 0.111 e. The number of nitrogens with zero attached hydrogens (tertiary/aromatic N) is 2. The summed E-state index contributed by atoms with van der Waals surface area (Å²) in [4.78, 5) is 4.75. The van der Waals surface area contributed by atoms with Crippen molar-refractivity contribution in [3.8, 4) is 0 Å². The average molecular weight is 265 g/mol. The number of fused-ring (bicyclic) bond motifs is 1. The fraction of sp³-hybridized carbons (Fsp3) is 0.533. The largest absolute Gasteiger partial charge is 0.325 e. The second-order valence-electron chi connectivity index (χ2n) is 4.92. The van der Waals surface area contributed by atoms with Gasteiger partial charge in [-0.1, -0.05) is 25.5 Å². The van der Waals surface area contributed by atoms with Gasteiger partial charge in [0.25, 0.3) is 0 Å². The third-order valence-corrected chi connectivity index (χ3v) is 3.64. The van der Waals surface area contributed by atoms with Gasteiger partial charge in [-0.05, 0) is 31.9 Å². The van der Waals surface area contributed by atoms with Gasteiger partial charge in [0.05, 0.1) is 11.0 Å². The Morgan fingerprint density at radius 3 is 2.83 bits per heavy atom. The summed E-state index contributed by atoms with van der Waals surface area (Å²) >= 11 is 5.90. The van der Waals surface area contributed by atoms with Crippen molar-refractivity contribution in [3.05, 3.63) is 29.6 Å². The number of halogens is 1. The van der Waals surface area contributed by atoms with E-state index in [0.29, 0.717) is 11.9 Å². The molecule has 1 aromatic heterocycles. The van der Waals surface area contributed by atoms with Gasteiger partial charge >= 0.3 is 0 Å². The number of benzene rings is 1. The molecule has 2 rings (SSSR count). The zero-order chi connectivity index (χ0) is 13.1. The highest BCUT2D eigenvalue weighted by Crippen LogP contribution is 2.26. The van der Waals surface area contributed by atoms with E-state index in [0.717, 1.165) is 17.8 Å². The van der Waals surface area contributed by atoms with Crippen molar-refractivity contribution in [3.63, 3.8) is 0 Å². The molecule has 0 amide bonds. The van der Waals surface area contributed by atoms with Crippen LogP contribution >= 0.6 is 11.6 Å². The first-order chi connectivity index (χ1) is 8.69. The molecule has 1 unspecified atom stereocenters. The molecule has 1 atom stereocenters. The van der Waals surface area contributed by atoms with Crippen LogP contribution in [0.4, 0.5) is 0 Å². The summed E-state index contributed by atoms with van der Waals surface area (Å²) in [5.74, 6) is 1.75. The number of rotatable bonds is 5. The molecular weight excluding hydrogens is 244 g/mol. The van der Waals surface area contributed by atoms with Gasteiger partial charge in [0.1, 0.15) is 5.82 Å². The Morgan fingerprint density at radius 2 is 2.17 bits per heavy atom. The Bertz CT molecular complexity index is 531. The third kappa shape index (κ3) is 2.39. The van der Waals surface area contributed by atoms with Crippen molar-refractivity contribution in [2.75, 3.05) is 5.88 Å². The number of aryl methyl sites for hydroxylation is 2. The molecule has 0 spiro atoms. The summed E-state index contributed by atoms with van der Waals surface area (Å²) in [5, 5.41) is 0. The van der Waals surface area contributed by atoms with Gasteiger partial charge in [0.15, 0.2) is 0 Å². The van der Waals surface area contributed by atoms with Crippen molar-refractivity contribution in [2.24, 2.45) is 0 Å². The molecule has 0 saturated heterocycles. The van der Waals surface area contributed by atoms with Crippen molar-refractivity contribution in [2.45, 2.75) is 46.1 Å². The zero-order valence-corrected chi connectivity index (χ0v) is 12.2. The van der Waals surface area contributed by atoms with Crippen LogP contribution in [0.3, 0.4) is 0 Å². The summed E-state index contributed by atoms with van der Waals surface area (Å²) in [6.45, 7) is 6.65. The monoisotopic (exact) mass is 264 g/mol. The maximum absolute atomic E-state index is 5.90. The molecule has 0 radical (unpaired) electrons. The third-order valence-electron chi connectivity index (χ3n) is 3.45. The normalized spacial score (nSPS) is 13.1. The van der Waals surface area contributed by atoms with Crippen LogP contribution in [0.1, 0.15) is 44.1 Å². The molecule has 18 heavy (non-hydrogen) atoms. The molecule has 3 heteroatoms. The lowest BCUT2D eigenvalue weighted by molar-refractivity contribution is 0.496. The lowest BCUT2D eigenvalue weighted by atomic mass is 10.1. The number of alkyl halides is 1. The van der Waals surface area contributed by atoms with E-state index < -0.39 is 0 Å². The average Bonchev–Trinajstić information content (AvgIpc) is 2.69. The van der Waals surface area contributed by atoms with Gasteiger partial charge in [0.2, 0.25) is 0 Å². The van der Waals surface area contributed by atoms with E-state index in [4.69, 9.17) is 16.6 Å².